The van der Waals surface area contributed by atoms with Crippen molar-refractivity contribution >= 4 is 16.8 Å². The molecule has 3 rings (SSSR count). The Morgan fingerprint density at radius 1 is 1.30 bits per heavy atom. The summed E-state index contributed by atoms with van der Waals surface area (Å²) in [4.78, 5) is 15.1. The molecule has 4 nitrogen and oxygen atoms in total. The third-order valence-electron chi connectivity index (χ3n) is 5.13. The first-order chi connectivity index (χ1) is 11.1. The zero-order valence-corrected chi connectivity index (χ0v) is 13.9. The molecule has 1 aliphatic rings. The van der Waals surface area contributed by atoms with Gasteiger partial charge in [-0.3, -0.25) is 4.79 Å². The monoisotopic (exact) mass is 313 g/mol. The summed E-state index contributed by atoms with van der Waals surface area (Å²) in [6.45, 7) is 2.20. The highest BCUT2D eigenvalue weighted by Gasteiger charge is 2.26. The second-order valence-corrected chi connectivity index (χ2v) is 6.90. The van der Waals surface area contributed by atoms with Crippen LogP contribution in [0.25, 0.3) is 10.9 Å². The van der Waals surface area contributed by atoms with E-state index in [1.165, 1.54) is 24.0 Å². The minimum Gasteiger partial charge on any atom is -0.366 e. The second-order valence-electron chi connectivity index (χ2n) is 6.90. The molecular weight excluding hydrogens is 286 g/mol. The Balaban J connectivity index is 2.00. The van der Waals surface area contributed by atoms with E-state index in [0.717, 1.165) is 43.0 Å². The van der Waals surface area contributed by atoms with Crippen LogP contribution in [0.5, 0.6) is 0 Å². The number of unbranched alkanes of at least 4 members (excludes halogenated alkanes) is 2. The fourth-order valence-corrected chi connectivity index (χ4v) is 3.87. The molecule has 0 aliphatic heterocycles. The smallest absolute Gasteiger partial charge is 0.250 e. The average molecular weight is 313 g/mol. The van der Waals surface area contributed by atoms with Crippen LogP contribution in [-0.2, 0) is 6.42 Å². The van der Waals surface area contributed by atoms with Gasteiger partial charge in [-0.05, 0) is 61.3 Å². The van der Waals surface area contributed by atoms with Crippen molar-refractivity contribution in [1.82, 2.24) is 4.98 Å². The van der Waals surface area contributed by atoms with Crippen LogP contribution in [0, 0.1) is 0 Å². The van der Waals surface area contributed by atoms with Crippen molar-refractivity contribution in [2.45, 2.75) is 63.8 Å². The fraction of sp³-hybridized carbons (Fsp3) is 0.526. The molecule has 1 fully saturated rings. The number of nitrogens with one attached hydrogen (secondary N) is 1. The molecule has 1 aromatic heterocycles. The number of carbonyl (C=O) groups excluding carboxylic acids is 1. The lowest BCUT2D eigenvalue weighted by Crippen LogP contribution is -2.14. The third-order valence-corrected chi connectivity index (χ3v) is 5.13. The van der Waals surface area contributed by atoms with Crippen molar-refractivity contribution in [1.29, 1.82) is 0 Å². The number of benzene rings is 1. The highest BCUT2D eigenvalue weighted by atomic mass is 16.1. The number of H-pyrrole nitrogens is 1. The molecular formula is C19H27N3O. The molecule has 124 valence electrons. The zero-order chi connectivity index (χ0) is 16.4. The van der Waals surface area contributed by atoms with Gasteiger partial charge >= 0.3 is 0 Å². The molecule has 2 unspecified atom stereocenters. The maximum absolute atomic E-state index is 11.9. The molecule has 1 amide bonds. The van der Waals surface area contributed by atoms with Crippen LogP contribution in [0.1, 0.15) is 72.9 Å². The lowest BCUT2D eigenvalue weighted by atomic mass is 9.93. The number of nitrogens with two attached hydrogens (primary N) is 2. The third kappa shape index (κ3) is 3.27. The summed E-state index contributed by atoms with van der Waals surface area (Å²) in [7, 11) is 0. The summed E-state index contributed by atoms with van der Waals surface area (Å²) in [5, 5.41) is 1.16. The van der Waals surface area contributed by atoms with Crippen LogP contribution in [0.15, 0.2) is 18.3 Å². The average Bonchev–Trinajstić information content (AvgIpc) is 3.12. The van der Waals surface area contributed by atoms with Gasteiger partial charge in [-0.1, -0.05) is 19.8 Å². The van der Waals surface area contributed by atoms with Crippen LogP contribution in [0.3, 0.4) is 0 Å². The van der Waals surface area contributed by atoms with Gasteiger partial charge in [0.2, 0.25) is 0 Å². The van der Waals surface area contributed by atoms with E-state index < -0.39 is 0 Å². The first-order valence-corrected chi connectivity index (χ1v) is 8.79. The number of primary amides is 1. The minimum atomic E-state index is -0.358. The van der Waals surface area contributed by atoms with Crippen LogP contribution < -0.4 is 11.5 Å². The first-order valence-electron chi connectivity index (χ1n) is 8.79. The predicted molar refractivity (Wildman–Crippen MR) is 94.6 cm³/mol. The van der Waals surface area contributed by atoms with Crippen molar-refractivity contribution < 1.29 is 4.79 Å². The largest absolute Gasteiger partial charge is 0.366 e. The quantitative estimate of drug-likeness (QED) is 0.712. The highest BCUT2D eigenvalue weighted by Crippen LogP contribution is 2.38. The van der Waals surface area contributed by atoms with Crippen molar-refractivity contribution in [3.8, 4) is 0 Å². The van der Waals surface area contributed by atoms with Gasteiger partial charge in [-0.25, -0.2) is 0 Å². The van der Waals surface area contributed by atoms with Crippen LogP contribution >= 0.6 is 0 Å². The minimum absolute atomic E-state index is 0.299. The lowest BCUT2D eigenvalue weighted by Gasteiger charge is -2.10. The van der Waals surface area contributed by atoms with Gasteiger partial charge in [-0.15, -0.1) is 0 Å². The molecule has 2 aromatic rings. The Labute approximate surface area is 137 Å². The molecule has 4 heteroatoms. The number of aromatic nitrogens is 1. The maximum atomic E-state index is 11.9. The van der Waals surface area contributed by atoms with E-state index in [2.05, 4.69) is 24.2 Å². The number of amides is 1. The molecule has 0 spiro atoms. The first kappa shape index (κ1) is 16.1. The van der Waals surface area contributed by atoms with E-state index >= 15 is 0 Å². The molecule has 1 aliphatic carbocycles. The molecule has 23 heavy (non-hydrogen) atoms. The van der Waals surface area contributed by atoms with Gasteiger partial charge in [0, 0.05) is 17.6 Å². The lowest BCUT2D eigenvalue weighted by molar-refractivity contribution is 0.100. The standard InChI is InChI=1S/C19H27N3O/c1-2-3-4-5-12-8-15-17(13-6-7-14(20)10-13)11-22-18(15)16(9-12)19(21)23/h8-9,11,13-14,22H,2-7,10,20H2,1H3,(H2,21,23). The molecule has 1 saturated carbocycles. The SMILES string of the molecule is CCCCCc1cc(C(N)=O)c2[nH]cc(C3CCC(N)C3)c2c1. The van der Waals surface area contributed by atoms with Gasteiger partial charge in [0.05, 0.1) is 11.1 Å². The molecule has 0 saturated heterocycles. The summed E-state index contributed by atoms with van der Waals surface area (Å²) in [5.74, 6) is 0.134. The van der Waals surface area contributed by atoms with Crippen LogP contribution in [0.4, 0.5) is 0 Å². The Kier molecular flexibility index (Phi) is 4.71. The Morgan fingerprint density at radius 3 is 2.78 bits per heavy atom. The number of aryl methyl sites for hydroxylation is 1. The summed E-state index contributed by atoms with van der Waals surface area (Å²) in [6.07, 6.45) is 9.83. The van der Waals surface area contributed by atoms with Gasteiger partial charge in [0.1, 0.15) is 0 Å². The van der Waals surface area contributed by atoms with Crippen molar-refractivity contribution in [2.75, 3.05) is 0 Å². The number of aromatic amines is 1. The van der Waals surface area contributed by atoms with Gasteiger partial charge in [-0.2, -0.15) is 0 Å². The van der Waals surface area contributed by atoms with Crippen molar-refractivity contribution in [2.24, 2.45) is 11.5 Å². The van der Waals surface area contributed by atoms with E-state index in [9.17, 15) is 4.79 Å². The Morgan fingerprint density at radius 2 is 2.13 bits per heavy atom. The van der Waals surface area contributed by atoms with Crippen molar-refractivity contribution in [3.63, 3.8) is 0 Å². The normalized spacial score (nSPS) is 21.1. The number of hydrogen-bond acceptors (Lipinski definition) is 2. The summed E-state index contributed by atoms with van der Waals surface area (Å²) in [6, 6.07) is 4.50. The molecule has 0 radical (unpaired) electrons. The zero-order valence-electron chi connectivity index (χ0n) is 13.9. The number of rotatable bonds is 6. The van der Waals surface area contributed by atoms with E-state index in [4.69, 9.17) is 11.5 Å². The van der Waals surface area contributed by atoms with E-state index in [-0.39, 0.29) is 5.91 Å². The number of carbonyl (C=O) groups is 1. The number of hydrogen-bond donors (Lipinski definition) is 3. The van der Waals surface area contributed by atoms with Crippen LogP contribution in [-0.4, -0.2) is 16.9 Å². The van der Waals surface area contributed by atoms with Crippen molar-refractivity contribution in [3.05, 3.63) is 35.0 Å². The van der Waals surface area contributed by atoms with E-state index in [1.807, 2.05) is 6.07 Å². The van der Waals surface area contributed by atoms with Gasteiger partial charge < -0.3 is 16.5 Å². The summed E-state index contributed by atoms with van der Waals surface area (Å²) in [5.41, 5.74) is 15.7. The fourth-order valence-electron chi connectivity index (χ4n) is 3.87. The predicted octanol–water partition coefficient (Wildman–Crippen LogP) is 3.59. The maximum Gasteiger partial charge on any atom is 0.250 e. The molecule has 2 atom stereocenters. The summed E-state index contributed by atoms with van der Waals surface area (Å²) < 4.78 is 0. The number of fused-ring (bicyclic) bond motifs is 1. The van der Waals surface area contributed by atoms with Crippen LogP contribution in [0.2, 0.25) is 0 Å². The van der Waals surface area contributed by atoms with Gasteiger partial charge in [0.15, 0.2) is 0 Å². The Hall–Kier alpha value is -1.81. The Bertz CT molecular complexity index is 704. The molecule has 0 bridgehead atoms. The molecule has 5 N–H and O–H groups in total. The highest BCUT2D eigenvalue weighted by molar-refractivity contribution is 6.06. The second kappa shape index (κ2) is 6.75. The summed E-state index contributed by atoms with van der Waals surface area (Å²) >= 11 is 0. The molecule has 1 heterocycles. The topological polar surface area (TPSA) is 84.9 Å². The molecule has 1 aromatic carbocycles. The van der Waals surface area contributed by atoms with Gasteiger partial charge in [0.25, 0.3) is 5.91 Å². The van der Waals surface area contributed by atoms with E-state index in [1.54, 1.807) is 0 Å². The van der Waals surface area contributed by atoms with E-state index in [0.29, 0.717) is 17.5 Å².